The Morgan fingerprint density at radius 1 is 1.50 bits per heavy atom. The van der Waals surface area contributed by atoms with Gasteiger partial charge >= 0.3 is 5.97 Å². The molecule has 0 aromatic rings. The van der Waals surface area contributed by atoms with Gasteiger partial charge < -0.3 is 25.2 Å². The van der Waals surface area contributed by atoms with Gasteiger partial charge in [0.1, 0.15) is 12.2 Å². The minimum atomic E-state index is -1.63. The van der Waals surface area contributed by atoms with E-state index in [9.17, 15) is 4.79 Å². The van der Waals surface area contributed by atoms with Crippen molar-refractivity contribution in [2.24, 2.45) is 0 Å². The first-order valence-electron chi connectivity index (χ1n) is 3.27. The van der Waals surface area contributed by atoms with Crippen LogP contribution in [-0.2, 0) is 9.53 Å². The summed E-state index contributed by atoms with van der Waals surface area (Å²) in [5.41, 5.74) is 0. The average molecular weight is 180 g/mol. The summed E-state index contributed by atoms with van der Waals surface area (Å²) in [6.07, 6.45) is -4.66. The normalized spacial score (nSPS) is 18.3. The monoisotopic (exact) mass is 180 g/mol. The third-order valence-corrected chi connectivity index (χ3v) is 1.39. The highest BCUT2D eigenvalue weighted by Crippen LogP contribution is 2.03. The lowest BCUT2D eigenvalue weighted by Crippen LogP contribution is -2.44. The second-order valence-electron chi connectivity index (χ2n) is 2.24. The second kappa shape index (κ2) is 5.04. The first-order valence-corrected chi connectivity index (χ1v) is 3.27. The zero-order chi connectivity index (χ0) is 9.72. The Balaban J connectivity index is 4.20. The van der Waals surface area contributed by atoms with E-state index in [4.69, 9.17) is 20.4 Å². The molecule has 0 radical (unpaired) electrons. The largest absolute Gasteiger partial charge is 0.479 e. The van der Waals surface area contributed by atoms with Crippen molar-refractivity contribution < 1.29 is 30.0 Å². The van der Waals surface area contributed by atoms with Gasteiger partial charge in [-0.3, -0.25) is 0 Å². The van der Waals surface area contributed by atoms with Crippen molar-refractivity contribution in [3.63, 3.8) is 0 Å². The smallest absolute Gasteiger partial charge is 0.335 e. The first-order chi connectivity index (χ1) is 5.54. The molecule has 12 heavy (non-hydrogen) atoms. The van der Waals surface area contributed by atoms with Crippen LogP contribution >= 0.6 is 0 Å². The fraction of sp³-hybridized carbons (Fsp3) is 0.833. The number of aliphatic hydroxyl groups is 3. The molecule has 6 nitrogen and oxygen atoms in total. The zero-order valence-corrected chi connectivity index (χ0v) is 6.54. The molecule has 0 amide bonds. The summed E-state index contributed by atoms with van der Waals surface area (Å²) in [6.45, 7) is -0.714. The molecule has 0 aromatic carbocycles. The van der Waals surface area contributed by atoms with Gasteiger partial charge in [-0.15, -0.1) is 0 Å². The van der Waals surface area contributed by atoms with Gasteiger partial charge in [0.15, 0.2) is 6.10 Å². The Morgan fingerprint density at radius 3 is 2.25 bits per heavy atom. The van der Waals surface area contributed by atoms with E-state index < -0.39 is 30.9 Å². The fourth-order valence-electron chi connectivity index (χ4n) is 0.696. The molecule has 0 aromatic heterocycles. The highest BCUT2D eigenvalue weighted by atomic mass is 16.5. The van der Waals surface area contributed by atoms with E-state index in [0.29, 0.717) is 0 Å². The van der Waals surface area contributed by atoms with E-state index in [1.807, 2.05) is 0 Å². The summed E-state index contributed by atoms with van der Waals surface area (Å²) in [5.74, 6) is -1.39. The van der Waals surface area contributed by atoms with Crippen LogP contribution in [0.3, 0.4) is 0 Å². The molecule has 0 saturated heterocycles. The highest BCUT2D eigenvalue weighted by molar-refractivity contribution is 5.73. The summed E-state index contributed by atoms with van der Waals surface area (Å²) in [6, 6.07) is 0. The standard InChI is InChI=1S/C6H12O6/c1-12-5(6(10)11)4(9)3(8)2-7/h3-5,7-9H,2H2,1H3,(H,10,11). The molecule has 0 aliphatic heterocycles. The predicted molar refractivity (Wildman–Crippen MR) is 37.5 cm³/mol. The lowest BCUT2D eigenvalue weighted by atomic mass is 10.1. The molecular formula is C6H12O6. The molecular weight excluding hydrogens is 168 g/mol. The van der Waals surface area contributed by atoms with Crippen molar-refractivity contribution >= 4 is 5.97 Å². The summed E-state index contributed by atoms with van der Waals surface area (Å²) in [7, 11) is 1.09. The molecule has 0 aliphatic rings. The molecule has 0 saturated carbocycles. The van der Waals surface area contributed by atoms with Gasteiger partial charge in [0, 0.05) is 7.11 Å². The molecule has 3 atom stereocenters. The minimum Gasteiger partial charge on any atom is -0.479 e. The van der Waals surface area contributed by atoms with Gasteiger partial charge in [0.2, 0.25) is 0 Å². The zero-order valence-electron chi connectivity index (χ0n) is 6.54. The second-order valence-corrected chi connectivity index (χ2v) is 2.24. The molecule has 0 spiro atoms. The number of carboxylic acid groups (broad SMARTS) is 1. The molecule has 0 fully saturated rings. The third-order valence-electron chi connectivity index (χ3n) is 1.39. The quantitative estimate of drug-likeness (QED) is 0.382. The van der Waals surface area contributed by atoms with E-state index in [1.165, 1.54) is 0 Å². The number of hydrogen-bond acceptors (Lipinski definition) is 5. The maximum absolute atomic E-state index is 10.3. The van der Waals surface area contributed by atoms with Crippen LogP contribution in [0.15, 0.2) is 0 Å². The number of hydrogen-bond donors (Lipinski definition) is 4. The van der Waals surface area contributed by atoms with E-state index in [1.54, 1.807) is 0 Å². The van der Waals surface area contributed by atoms with Crippen molar-refractivity contribution in [1.82, 2.24) is 0 Å². The van der Waals surface area contributed by atoms with Crippen LogP contribution < -0.4 is 0 Å². The van der Waals surface area contributed by atoms with Crippen LogP contribution in [0, 0.1) is 0 Å². The maximum atomic E-state index is 10.3. The Bertz CT molecular complexity index is 147. The summed E-state index contributed by atoms with van der Waals surface area (Å²) in [5, 5.41) is 34.6. The van der Waals surface area contributed by atoms with Crippen molar-refractivity contribution in [3.8, 4) is 0 Å². The number of ether oxygens (including phenoxy) is 1. The number of methoxy groups -OCH3 is 1. The van der Waals surface area contributed by atoms with Gasteiger partial charge in [-0.25, -0.2) is 4.79 Å². The molecule has 0 heterocycles. The summed E-state index contributed by atoms with van der Waals surface area (Å²) < 4.78 is 4.38. The molecule has 72 valence electrons. The first kappa shape index (κ1) is 11.3. The highest BCUT2D eigenvalue weighted by Gasteiger charge is 2.31. The molecule has 6 heteroatoms. The van der Waals surface area contributed by atoms with Crippen LogP contribution in [0.5, 0.6) is 0 Å². The Hall–Kier alpha value is -0.690. The van der Waals surface area contributed by atoms with E-state index in [-0.39, 0.29) is 0 Å². The van der Waals surface area contributed by atoms with Crippen molar-refractivity contribution in [3.05, 3.63) is 0 Å². The number of carboxylic acids is 1. The predicted octanol–water partition coefficient (Wildman–Crippen LogP) is -2.20. The van der Waals surface area contributed by atoms with Crippen LogP contribution in [0.25, 0.3) is 0 Å². The maximum Gasteiger partial charge on any atom is 0.335 e. The van der Waals surface area contributed by atoms with Crippen LogP contribution in [0.4, 0.5) is 0 Å². The summed E-state index contributed by atoms with van der Waals surface area (Å²) >= 11 is 0. The Morgan fingerprint density at radius 2 is 2.00 bits per heavy atom. The minimum absolute atomic E-state index is 0.714. The van der Waals surface area contributed by atoms with Crippen molar-refractivity contribution in [1.29, 1.82) is 0 Å². The van der Waals surface area contributed by atoms with Gasteiger partial charge in [-0.1, -0.05) is 0 Å². The van der Waals surface area contributed by atoms with E-state index >= 15 is 0 Å². The average Bonchev–Trinajstić information content (AvgIpc) is 2.03. The lowest BCUT2D eigenvalue weighted by Gasteiger charge is -2.20. The van der Waals surface area contributed by atoms with Gasteiger partial charge in [0.05, 0.1) is 6.61 Å². The van der Waals surface area contributed by atoms with Crippen LogP contribution in [0.1, 0.15) is 0 Å². The number of aliphatic carboxylic acids is 1. The van der Waals surface area contributed by atoms with E-state index in [0.717, 1.165) is 7.11 Å². The van der Waals surface area contributed by atoms with Crippen LogP contribution in [-0.4, -0.2) is 58.4 Å². The van der Waals surface area contributed by atoms with Gasteiger partial charge in [-0.05, 0) is 0 Å². The Kier molecular flexibility index (Phi) is 4.75. The number of rotatable bonds is 5. The topological polar surface area (TPSA) is 107 Å². The number of aliphatic hydroxyl groups excluding tert-OH is 3. The summed E-state index contributed by atoms with van der Waals surface area (Å²) in [4.78, 5) is 10.3. The molecule has 0 bridgehead atoms. The fourth-order valence-corrected chi connectivity index (χ4v) is 0.696. The van der Waals surface area contributed by atoms with Gasteiger partial charge in [0.25, 0.3) is 0 Å². The number of carbonyl (C=O) groups is 1. The van der Waals surface area contributed by atoms with Crippen LogP contribution in [0.2, 0.25) is 0 Å². The molecule has 4 N–H and O–H groups in total. The van der Waals surface area contributed by atoms with Gasteiger partial charge in [-0.2, -0.15) is 0 Å². The van der Waals surface area contributed by atoms with Crippen molar-refractivity contribution in [2.45, 2.75) is 18.3 Å². The molecule has 0 aliphatic carbocycles. The van der Waals surface area contributed by atoms with E-state index in [2.05, 4.69) is 4.74 Å². The third kappa shape index (κ3) is 2.74. The van der Waals surface area contributed by atoms with Crippen molar-refractivity contribution in [2.75, 3.05) is 13.7 Å². The Labute approximate surface area is 69.0 Å². The SMILES string of the molecule is COC(C(=O)O)C(O)C(O)CO. The molecule has 0 rings (SSSR count). The molecule has 3 unspecified atom stereocenters. The lowest BCUT2D eigenvalue weighted by molar-refractivity contribution is -0.163.